The monoisotopic (exact) mass is 222 g/mol. The summed E-state index contributed by atoms with van der Waals surface area (Å²) in [6.45, 7) is 4.18. The van der Waals surface area contributed by atoms with Gasteiger partial charge in [-0.25, -0.2) is 0 Å². The lowest BCUT2D eigenvalue weighted by Crippen LogP contribution is -2.35. The van der Waals surface area contributed by atoms with Crippen molar-refractivity contribution in [3.05, 3.63) is 29.6 Å². The molecular weight excluding hydrogens is 204 g/mol. The smallest absolute Gasteiger partial charge is 0.251 e. The third-order valence-corrected chi connectivity index (χ3v) is 2.42. The summed E-state index contributed by atoms with van der Waals surface area (Å²) in [6, 6.07) is 5.78. The molecule has 0 saturated carbocycles. The van der Waals surface area contributed by atoms with Gasteiger partial charge >= 0.3 is 0 Å². The largest absolute Gasteiger partial charge is 0.372 e. The van der Waals surface area contributed by atoms with Gasteiger partial charge in [-0.2, -0.15) is 0 Å². The lowest BCUT2D eigenvalue weighted by Gasteiger charge is -2.20. The van der Waals surface area contributed by atoms with Crippen molar-refractivity contribution in [2.45, 2.75) is 26.5 Å². The van der Waals surface area contributed by atoms with Crippen molar-refractivity contribution < 1.29 is 9.53 Å². The van der Waals surface area contributed by atoms with Gasteiger partial charge in [0.2, 0.25) is 0 Å². The van der Waals surface area contributed by atoms with E-state index in [0.717, 1.165) is 11.4 Å². The standard InChI is InChI=1S/C12H18N2O2/c1-9-6-5-7-11(13-9)8-14(3)12(15)10(2)16-4/h5-7,10H,8H2,1-4H3. The Balaban J connectivity index is 2.64. The number of aryl methyl sites for hydroxylation is 1. The van der Waals surface area contributed by atoms with Crippen LogP contribution in [0.4, 0.5) is 0 Å². The fraction of sp³-hybridized carbons (Fsp3) is 0.500. The van der Waals surface area contributed by atoms with Crippen LogP contribution in [0.5, 0.6) is 0 Å². The second-order valence-electron chi connectivity index (χ2n) is 3.84. The van der Waals surface area contributed by atoms with Crippen LogP contribution in [0.3, 0.4) is 0 Å². The Hall–Kier alpha value is -1.42. The second kappa shape index (κ2) is 5.61. The van der Waals surface area contributed by atoms with Crippen LogP contribution in [0.25, 0.3) is 0 Å². The van der Waals surface area contributed by atoms with E-state index in [2.05, 4.69) is 4.98 Å². The maximum absolute atomic E-state index is 11.7. The van der Waals surface area contributed by atoms with E-state index in [4.69, 9.17) is 4.74 Å². The molecule has 1 heterocycles. The molecule has 0 aromatic carbocycles. The number of aromatic nitrogens is 1. The Bertz CT molecular complexity index is 366. The Morgan fingerprint density at radius 3 is 2.81 bits per heavy atom. The highest BCUT2D eigenvalue weighted by molar-refractivity contribution is 5.80. The van der Waals surface area contributed by atoms with Crippen LogP contribution in [-0.2, 0) is 16.1 Å². The second-order valence-corrected chi connectivity index (χ2v) is 3.84. The number of likely N-dealkylation sites (N-methyl/N-ethyl adjacent to an activating group) is 1. The molecule has 4 heteroatoms. The molecule has 1 aromatic heterocycles. The summed E-state index contributed by atoms with van der Waals surface area (Å²) >= 11 is 0. The Labute approximate surface area is 96.2 Å². The zero-order valence-corrected chi connectivity index (χ0v) is 10.2. The van der Waals surface area contributed by atoms with Gasteiger partial charge in [0.15, 0.2) is 0 Å². The summed E-state index contributed by atoms with van der Waals surface area (Å²) < 4.78 is 4.98. The average molecular weight is 222 g/mol. The fourth-order valence-corrected chi connectivity index (χ4v) is 1.42. The zero-order chi connectivity index (χ0) is 12.1. The van der Waals surface area contributed by atoms with Crippen molar-refractivity contribution in [1.82, 2.24) is 9.88 Å². The van der Waals surface area contributed by atoms with E-state index in [1.807, 2.05) is 25.1 Å². The van der Waals surface area contributed by atoms with Crippen molar-refractivity contribution in [3.63, 3.8) is 0 Å². The van der Waals surface area contributed by atoms with Gasteiger partial charge in [0.05, 0.1) is 12.2 Å². The third-order valence-electron chi connectivity index (χ3n) is 2.42. The minimum Gasteiger partial charge on any atom is -0.372 e. The summed E-state index contributed by atoms with van der Waals surface area (Å²) in [7, 11) is 3.28. The molecule has 1 atom stereocenters. The van der Waals surface area contributed by atoms with E-state index >= 15 is 0 Å². The quantitative estimate of drug-likeness (QED) is 0.773. The molecule has 1 amide bonds. The molecule has 4 nitrogen and oxygen atoms in total. The summed E-state index contributed by atoms with van der Waals surface area (Å²) in [6.07, 6.45) is -0.408. The van der Waals surface area contributed by atoms with Gasteiger partial charge in [-0.05, 0) is 26.0 Å². The number of methoxy groups -OCH3 is 1. The number of hydrogen-bond donors (Lipinski definition) is 0. The Kier molecular flexibility index (Phi) is 4.43. The van der Waals surface area contributed by atoms with Crippen molar-refractivity contribution >= 4 is 5.91 Å². The average Bonchev–Trinajstić information content (AvgIpc) is 2.27. The van der Waals surface area contributed by atoms with Gasteiger partial charge in [-0.15, -0.1) is 0 Å². The van der Waals surface area contributed by atoms with E-state index in [9.17, 15) is 4.79 Å². The number of amides is 1. The van der Waals surface area contributed by atoms with Gasteiger partial charge in [-0.1, -0.05) is 6.07 Å². The van der Waals surface area contributed by atoms with E-state index in [1.165, 1.54) is 7.11 Å². The fourth-order valence-electron chi connectivity index (χ4n) is 1.42. The number of carbonyl (C=O) groups is 1. The highest BCUT2D eigenvalue weighted by Crippen LogP contribution is 2.04. The molecule has 1 rings (SSSR count). The molecule has 1 unspecified atom stereocenters. The van der Waals surface area contributed by atoms with E-state index in [0.29, 0.717) is 6.54 Å². The van der Waals surface area contributed by atoms with Gasteiger partial charge < -0.3 is 9.64 Å². The Morgan fingerprint density at radius 1 is 1.56 bits per heavy atom. The number of pyridine rings is 1. The first kappa shape index (κ1) is 12.6. The van der Waals surface area contributed by atoms with Crippen molar-refractivity contribution in [2.24, 2.45) is 0 Å². The first-order valence-electron chi connectivity index (χ1n) is 5.25. The third kappa shape index (κ3) is 3.31. The predicted octanol–water partition coefficient (Wildman–Crippen LogP) is 1.38. The minimum absolute atomic E-state index is 0.0363. The van der Waals surface area contributed by atoms with Crippen molar-refractivity contribution in [2.75, 3.05) is 14.2 Å². The summed E-state index contributed by atoms with van der Waals surface area (Å²) in [5, 5.41) is 0. The van der Waals surface area contributed by atoms with Crippen LogP contribution in [0.15, 0.2) is 18.2 Å². The van der Waals surface area contributed by atoms with E-state index in [1.54, 1.807) is 18.9 Å². The molecule has 0 saturated heterocycles. The number of ether oxygens (including phenoxy) is 1. The van der Waals surface area contributed by atoms with Gasteiger partial charge in [0, 0.05) is 19.9 Å². The van der Waals surface area contributed by atoms with Crippen LogP contribution in [0.1, 0.15) is 18.3 Å². The molecule has 0 fully saturated rings. The van der Waals surface area contributed by atoms with Crippen LogP contribution in [-0.4, -0.2) is 36.1 Å². The molecule has 16 heavy (non-hydrogen) atoms. The Morgan fingerprint density at radius 2 is 2.25 bits per heavy atom. The molecule has 0 aliphatic rings. The number of hydrogen-bond acceptors (Lipinski definition) is 3. The zero-order valence-electron chi connectivity index (χ0n) is 10.2. The van der Waals surface area contributed by atoms with Crippen LogP contribution >= 0.6 is 0 Å². The van der Waals surface area contributed by atoms with E-state index < -0.39 is 6.10 Å². The molecule has 0 spiro atoms. The van der Waals surface area contributed by atoms with Gasteiger partial charge in [0.25, 0.3) is 5.91 Å². The van der Waals surface area contributed by atoms with Crippen LogP contribution in [0, 0.1) is 6.92 Å². The predicted molar refractivity (Wildman–Crippen MR) is 61.9 cm³/mol. The molecule has 1 aromatic rings. The van der Waals surface area contributed by atoms with Gasteiger partial charge in [-0.3, -0.25) is 9.78 Å². The van der Waals surface area contributed by atoms with Crippen LogP contribution in [0.2, 0.25) is 0 Å². The normalized spacial score (nSPS) is 12.2. The van der Waals surface area contributed by atoms with Crippen molar-refractivity contribution in [1.29, 1.82) is 0 Å². The van der Waals surface area contributed by atoms with Crippen molar-refractivity contribution in [3.8, 4) is 0 Å². The molecule has 88 valence electrons. The number of carbonyl (C=O) groups excluding carboxylic acids is 1. The minimum atomic E-state index is -0.408. The highest BCUT2D eigenvalue weighted by atomic mass is 16.5. The molecule has 0 radical (unpaired) electrons. The topological polar surface area (TPSA) is 42.4 Å². The lowest BCUT2D eigenvalue weighted by molar-refractivity contribution is -0.140. The molecule has 0 aliphatic carbocycles. The van der Waals surface area contributed by atoms with E-state index in [-0.39, 0.29) is 5.91 Å². The molecule has 0 aliphatic heterocycles. The molecule has 0 N–H and O–H groups in total. The summed E-state index contributed by atoms with van der Waals surface area (Å²) in [5.41, 5.74) is 1.84. The maximum Gasteiger partial charge on any atom is 0.251 e. The number of nitrogens with zero attached hydrogens (tertiary/aromatic N) is 2. The SMILES string of the molecule is COC(C)C(=O)N(C)Cc1cccc(C)n1. The number of rotatable bonds is 4. The lowest BCUT2D eigenvalue weighted by atomic mass is 10.3. The molecular formula is C12H18N2O2. The first-order valence-corrected chi connectivity index (χ1v) is 5.25. The van der Waals surface area contributed by atoms with Crippen LogP contribution < -0.4 is 0 Å². The first-order chi connectivity index (χ1) is 7.54. The summed E-state index contributed by atoms with van der Waals surface area (Å²) in [5.74, 6) is -0.0363. The van der Waals surface area contributed by atoms with Gasteiger partial charge in [0.1, 0.15) is 6.10 Å². The highest BCUT2D eigenvalue weighted by Gasteiger charge is 2.16. The maximum atomic E-state index is 11.7. The molecule has 0 bridgehead atoms. The summed E-state index contributed by atoms with van der Waals surface area (Å²) in [4.78, 5) is 17.7.